The summed E-state index contributed by atoms with van der Waals surface area (Å²) in [7, 11) is 0. The van der Waals surface area contributed by atoms with Gasteiger partial charge in [0.15, 0.2) is 0 Å². The first-order chi connectivity index (χ1) is 15.4. The third-order valence-corrected chi connectivity index (χ3v) is 6.56. The van der Waals surface area contributed by atoms with Gasteiger partial charge in [0.25, 0.3) is 5.91 Å². The van der Waals surface area contributed by atoms with Gasteiger partial charge in [-0.25, -0.2) is 0 Å². The van der Waals surface area contributed by atoms with Crippen molar-refractivity contribution in [2.75, 3.05) is 32.8 Å². The minimum absolute atomic E-state index is 0.00789. The van der Waals surface area contributed by atoms with Crippen LogP contribution < -0.4 is 10.6 Å². The number of ether oxygens (including phenoxy) is 1. The summed E-state index contributed by atoms with van der Waals surface area (Å²) in [5, 5.41) is 16.5. The Kier molecular flexibility index (Phi) is 10.1. The molecule has 7 nitrogen and oxygen atoms in total. The van der Waals surface area contributed by atoms with E-state index in [1.54, 1.807) is 18.2 Å². The first-order valence-electron chi connectivity index (χ1n) is 11.5. The topological polar surface area (TPSA) is 90.9 Å². The zero-order chi connectivity index (χ0) is 22.9. The number of carbonyl (C=O) groups excluding carboxylic acids is 2. The number of carbonyl (C=O) groups is 2. The van der Waals surface area contributed by atoms with Crippen LogP contribution >= 0.6 is 23.2 Å². The monoisotopic (exact) mass is 485 g/mol. The van der Waals surface area contributed by atoms with E-state index in [9.17, 15) is 14.7 Å². The predicted octanol–water partition coefficient (Wildman–Crippen LogP) is 3.01. The molecule has 2 aliphatic heterocycles. The summed E-state index contributed by atoms with van der Waals surface area (Å²) in [6.45, 7) is 3.20. The predicted molar refractivity (Wildman–Crippen MR) is 125 cm³/mol. The highest BCUT2D eigenvalue weighted by atomic mass is 35.5. The Labute approximate surface area is 199 Å². The highest BCUT2D eigenvalue weighted by Gasteiger charge is 2.31. The molecule has 0 aliphatic carbocycles. The molecule has 0 radical (unpaired) electrons. The standard InChI is InChI=1S/C23H33Cl2N3O4/c24-17-12-16(13-18(25)14-17)23(31)26-8-6-19-4-5-20(21(15-29)32-19)27-22(30)7-11-28-9-2-1-3-10-28/h12-14,19-21,29H,1-11,15H2,(H,26,31)(H,27,30)/t19-,20+,21-/m0/s1. The largest absolute Gasteiger partial charge is 0.394 e. The zero-order valence-corrected chi connectivity index (χ0v) is 19.8. The molecule has 9 heteroatoms. The average molecular weight is 486 g/mol. The second kappa shape index (κ2) is 12.8. The van der Waals surface area contributed by atoms with Crippen molar-refractivity contribution in [3.8, 4) is 0 Å². The Morgan fingerprint density at radius 1 is 1.09 bits per heavy atom. The third kappa shape index (κ3) is 7.89. The van der Waals surface area contributed by atoms with Crippen molar-refractivity contribution in [3.63, 3.8) is 0 Å². The number of aliphatic hydroxyl groups is 1. The Hall–Kier alpha value is -1.38. The van der Waals surface area contributed by atoms with Gasteiger partial charge in [-0.2, -0.15) is 0 Å². The lowest BCUT2D eigenvalue weighted by atomic mass is 9.97. The Balaban J connectivity index is 1.37. The van der Waals surface area contributed by atoms with Gasteiger partial charge in [-0.15, -0.1) is 0 Å². The van der Waals surface area contributed by atoms with E-state index in [2.05, 4.69) is 15.5 Å². The highest BCUT2D eigenvalue weighted by Crippen LogP contribution is 2.22. The molecular weight excluding hydrogens is 453 g/mol. The fraction of sp³-hybridized carbons (Fsp3) is 0.652. The number of aliphatic hydroxyl groups excluding tert-OH is 1. The van der Waals surface area contributed by atoms with Crippen molar-refractivity contribution in [1.82, 2.24) is 15.5 Å². The minimum atomic E-state index is -0.435. The maximum Gasteiger partial charge on any atom is 0.251 e. The number of hydrogen-bond donors (Lipinski definition) is 3. The SMILES string of the molecule is O=C(CCN1CCCCC1)N[C@@H]1CC[C@@H](CCNC(=O)c2cc(Cl)cc(Cl)c2)O[C@H]1CO. The summed E-state index contributed by atoms with van der Waals surface area (Å²) in [5.74, 6) is -0.240. The van der Waals surface area contributed by atoms with Crippen LogP contribution in [0, 0.1) is 0 Å². The number of rotatable bonds is 9. The summed E-state index contributed by atoms with van der Waals surface area (Å²) in [6, 6.07) is 4.53. The van der Waals surface area contributed by atoms with Gasteiger partial charge in [0.05, 0.1) is 18.8 Å². The molecule has 32 heavy (non-hydrogen) atoms. The molecule has 178 valence electrons. The van der Waals surface area contributed by atoms with Gasteiger partial charge in [-0.05, 0) is 63.4 Å². The van der Waals surface area contributed by atoms with E-state index in [4.69, 9.17) is 27.9 Å². The number of nitrogens with one attached hydrogen (secondary N) is 2. The Morgan fingerprint density at radius 2 is 1.81 bits per heavy atom. The number of likely N-dealkylation sites (tertiary alicyclic amines) is 1. The van der Waals surface area contributed by atoms with Crippen LogP contribution in [0.4, 0.5) is 0 Å². The summed E-state index contributed by atoms with van der Waals surface area (Å²) in [6.07, 6.45) is 5.75. The second-order valence-corrected chi connectivity index (χ2v) is 9.46. The highest BCUT2D eigenvalue weighted by molar-refractivity contribution is 6.35. The molecule has 1 aromatic rings. The number of halogens is 2. The zero-order valence-electron chi connectivity index (χ0n) is 18.3. The van der Waals surface area contributed by atoms with Crippen molar-refractivity contribution in [2.24, 2.45) is 0 Å². The van der Waals surface area contributed by atoms with Gasteiger partial charge in [0.2, 0.25) is 5.91 Å². The number of hydrogen-bond acceptors (Lipinski definition) is 5. The van der Waals surface area contributed by atoms with Gasteiger partial charge < -0.3 is 25.4 Å². The van der Waals surface area contributed by atoms with E-state index in [1.165, 1.54) is 19.3 Å². The molecule has 2 fully saturated rings. The maximum absolute atomic E-state index is 12.4. The van der Waals surface area contributed by atoms with Gasteiger partial charge in [0, 0.05) is 35.1 Å². The average Bonchev–Trinajstić information content (AvgIpc) is 2.78. The van der Waals surface area contributed by atoms with Crippen LogP contribution in [0.2, 0.25) is 10.0 Å². The van der Waals surface area contributed by atoms with E-state index < -0.39 is 6.10 Å². The summed E-state index contributed by atoms with van der Waals surface area (Å²) >= 11 is 11.9. The van der Waals surface area contributed by atoms with Crippen molar-refractivity contribution in [2.45, 2.75) is 63.2 Å². The molecule has 0 bridgehead atoms. The Morgan fingerprint density at radius 3 is 2.50 bits per heavy atom. The normalized spacial score (nSPS) is 24.2. The van der Waals surface area contributed by atoms with Gasteiger partial charge >= 0.3 is 0 Å². The molecule has 0 unspecified atom stereocenters. The molecule has 0 aromatic heterocycles. The van der Waals surface area contributed by atoms with Crippen LogP contribution in [0.5, 0.6) is 0 Å². The van der Waals surface area contributed by atoms with Crippen LogP contribution in [-0.4, -0.2) is 72.9 Å². The first kappa shape index (κ1) is 25.2. The molecule has 3 rings (SSSR count). The molecule has 3 atom stereocenters. The van der Waals surface area contributed by atoms with E-state index in [0.717, 1.165) is 32.5 Å². The van der Waals surface area contributed by atoms with Crippen molar-refractivity contribution < 1.29 is 19.4 Å². The molecular formula is C23H33Cl2N3O4. The van der Waals surface area contributed by atoms with E-state index in [0.29, 0.717) is 35.0 Å². The summed E-state index contributed by atoms with van der Waals surface area (Å²) < 4.78 is 6.00. The first-order valence-corrected chi connectivity index (χ1v) is 12.2. The molecule has 2 amide bonds. The molecule has 2 heterocycles. The number of amides is 2. The van der Waals surface area contributed by atoms with Crippen LogP contribution in [0.1, 0.15) is 55.3 Å². The number of benzene rings is 1. The lowest BCUT2D eigenvalue weighted by molar-refractivity contribution is -0.128. The van der Waals surface area contributed by atoms with E-state index in [-0.39, 0.29) is 30.6 Å². The van der Waals surface area contributed by atoms with E-state index in [1.807, 2.05) is 0 Å². The molecule has 0 saturated carbocycles. The Bertz CT molecular complexity index is 753. The van der Waals surface area contributed by atoms with Crippen molar-refractivity contribution >= 4 is 35.0 Å². The molecule has 2 aliphatic rings. The fourth-order valence-electron chi connectivity index (χ4n) is 4.36. The fourth-order valence-corrected chi connectivity index (χ4v) is 4.89. The molecule has 0 spiro atoms. The van der Waals surface area contributed by atoms with E-state index >= 15 is 0 Å². The number of nitrogens with zero attached hydrogens (tertiary/aromatic N) is 1. The smallest absolute Gasteiger partial charge is 0.251 e. The van der Waals surface area contributed by atoms with Gasteiger partial charge in [-0.3, -0.25) is 9.59 Å². The van der Waals surface area contributed by atoms with Crippen LogP contribution in [-0.2, 0) is 9.53 Å². The maximum atomic E-state index is 12.4. The lowest BCUT2D eigenvalue weighted by Gasteiger charge is -2.36. The van der Waals surface area contributed by atoms with Crippen LogP contribution in [0.25, 0.3) is 0 Å². The van der Waals surface area contributed by atoms with Crippen LogP contribution in [0.3, 0.4) is 0 Å². The van der Waals surface area contributed by atoms with Gasteiger partial charge in [0.1, 0.15) is 6.10 Å². The second-order valence-electron chi connectivity index (χ2n) is 8.59. The molecule has 3 N–H and O–H groups in total. The summed E-state index contributed by atoms with van der Waals surface area (Å²) in [5.41, 5.74) is 0.410. The van der Waals surface area contributed by atoms with Gasteiger partial charge in [-0.1, -0.05) is 29.6 Å². The number of piperidine rings is 1. The molecule has 2 saturated heterocycles. The van der Waals surface area contributed by atoms with Crippen molar-refractivity contribution in [1.29, 1.82) is 0 Å². The van der Waals surface area contributed by atoms with Crippen LogP contribution in [0.15, 0.2) is 18.2 Å². The lowest BCUT2D eigenvalue weighted by Crippen LogP contribution is -2.51. The quantitative estimate of drug-likeness (QED) is 0.499. The van der Waals surface area contributed by atoms with Crippen molar-refractivity contribution in [3.05, 3.63) is 33.8 Å². The summed E-state index contributed by atoms with van der Waals surface area (Å²) in [4.78, 5) is 27.0. The minimum Gasteiger partial charge on any atom is -0.394 e. The third-order valence-electron chi connectivity index (χ3n) is 6.12. The molecule has 1 aromatic carbocycles.